The number of nitrogens with one attached hydrogen (secondary N) is 2. The molecule has 172 valence electrons. The molecule has 0 bridgehead atoms. The number of nitrogens with zero attached hydrogens (tertiary/aromatic N) is 1. The van der Waals surface area contributed by atoms with Gasteiger partial charge in [-0.05, 0) is 62.4 Å². The minimum atomic E-state index is -0.595. The highest BCUT2D eigenvalue weighted by molar-refractivity contribution is 6.53. The van der Waals surface area contributed by atoms with Crippen LogP contribution in [0.4, 0.5) is 17.1 Å². The number of ether oxygens (including phenoxy) is 1. The number of carbonyl (C=O) groups is 3. The molecule has 1 aliphatic heterocycles. The molecule has 3 amide bonds. The Balaban J connectivity index is 1.47. The number of hydrogen-bond acceptors (Lipinski definition) is 5. The molecule has 0 aromatic heterocycles. The lowest BCUT2D eigenvalue weighted by Crippen LogP contribution is -2.32. The van der Waals surface area contributed by atoms with Crippen LogP contribution in [0.5, 0.6) is 5.75 Å². The molecule has 0 radical (unpaired) electrons. The Morgan fingerprint density at radius 3 is 2.29 bits per heavy atom. The van der Waals surface area contributed by atoms with E-state index < -0.39 is 11.8 Å². The number of halogens is 1. The molecule has 1 aliphatic rings. The molecule has 2 N–H and O–H groups in total. The number of rotatable bonds is 7. The lowest BCUT2D eigenvalue weighted by molar-refractivity contribution is -0.120. The molecule has 0 fully saturated rings. The third kappa shape index (κ3) is 4.65. The van der Waals surface area contributed by atoms with Crippen molar-refractivity contribution >= 4 is 46.4 Å². The van der Waals surface area contributed by atoms with Crippen molar-refractivity contribution in [3.63, 3.8) is 0 Å². The molecule has 0 aliphatic carbocycles. The normalized spacial score (nSPS) is 13.3. The van der Waals surface area contributed by atoms with Crippen LogP contribution in [0.25, 0.3) is 0 Å². The Labute approximate surface area is 202 Å². The Bertz CT molecular complexity index is 1280. The molecular weight excluding hydrogens is 454 g/mol. The second kappa shape index (κ2) is 9.80. The summed E-state index contributed by atoms with van der Waals surface area (Å²) in [5.41, 5.74) is 2.91. The summed E-state index contributed by atoms with van der Waals surface area (Å²) >= 11 is 6.19. The van der Waals surface area contributed by atoms with E-state index in [0.29, 0.717) is 35.0 Å². The van der Waals surface area contributed by atoms with Crippen LogP contribution in [0, 0.1) is 6.92 Å². The molecule has 7 nitrogen and oxygen atoms in total. The minimum Gasteiger partial charge on any atom is -0.492 e. The number of anilines is 3. The van der Waals surface area contributed by atoms with Crippen molar-refractivity contribution in [2.24, 2.45) is 0 Å². The molecular formula is C26H22ClN3O4. The zero-order valence-electron chi connectivity index (χ0n) is 18.6. The molecule has 0 saturated carbocycles. The van der Waals surface area contributed by atoms with Gasteiger partial charge in [0.05, 0.1) is 18.0 Å². The highest BCUT2D eigenvalue weighted by Gasteiger charge is 2.38. The van der Waals surface area contributed by atoms with E-state index in [4.69, 9.17) is 16.3 Å². The van der Waals surface area contributed by atoms with E-state index in [1.165, 1.54) is 0 Å². The number of carbonyl (C=O) groups excluding carboxylic acids is 3. The van der Waals surface area contributed by atoms with Gasteiger partial charge in [-0.1, -0.05) is 41.4 Å². The summed E-state index contributed by atoms with van der Waals surface area (Å²) in [7, 11) is 0. The van der Waals surface area contributed by atoms with Crippen molar-refractivity contribution < 1.29 is 19.1 Å². The SMILES string of the molecule is CCOc1ccccc1NC(=O)c1ccc(NC2=C(Cl)C(=O)N(c3ccc(C)cc3)C2=O)cc1. The van der Waals surface area contributed by atoms with E-state index >= 15 is 0 Å². The smallest absolute Gasteiger partial charge is 0.283 e. The van der Waals surface area contributed by atoms with E-state index in [1.54, 1.807) is 48.5 Å². The minimum absolute atomic E-state index is 0.0184. The monoisotopic (exact) mass is 475 g/mol. The molecule has 34 heavy (non-hydrogen) atoms. The Hall–Kier alpha value is -4.10. The van der Waals surface area contributed by atoms with Crippen molar-refractivity contribution in [2.45, 2.75) is 13.8 Å². The molecule has 8 heteroatoms. The molecule has 0 unspecified atom stereocenters. The summed E-state index contributed by atoms with van der Waals surface area (Å²) in [6.45, 7) is 4.26. The fraction of sp³-hybridized carbons (Fsp3) is 0.115. The number of aryl methyl sites for hydroxylation is 1. The van der Waals surface area contributed by atoms with Crippen LogP contribution in [0.2, 0.25) is 0 Å². The van der Waals surface area contributed by atoms with Crippen LogP contribution in [-0.4, -0.2) is 24.3 Å². The van der Waals surface area contributed by atoms with Crippen LogP contribution in [-0.2, 0) is 9.59 Å². The van der Waals surface area contributed by atoms with Gasteiger partial charge >= 0.3 is 0 Å². The van der Waals surface area contributed by atoms with Crippen molar-refractivity contribution in [1.82, 2.24) is 0 Å². The first-order chi connectivity index (χ1) is 16.4. The van der Waals surface area contributed by atoms with Gasteiger partial charge in [-0.15, -0.1) is 0 Å². The van der Waals surface area contributed by atoms with Gasteiger partial charge < -0.3 is 15.4 Å². The average Bonchev–Trinajstić information content (AvgIpc) is 3.04. The predicted molar refractivity (Wildman–Crippen MR) is 132 cm³/mol. The van der Waals surface area contributed by atoms with Gasteiger partial charge in [0, 0.05) is 11.3 Å². The van der Waals surface area contributed by atoms with Crippen LogP contribution >= 0.6 is 11.6 Å². The predicted octanol–water partition coefficient (Wildman–Crippen LogP) is 5.08. The average molecular weight is 476 g/mol. The summed E-state index contributed by atoms with van der Waals surface area (Å²) in [6, 6.07) is 20.7. The van der Waals surface area contributed by atoms with Crippen molar-refractivity contribution in [2.75, 3.05) is 22.1 Å². The number of para-hydroxylation sites is 2. The summed E-state index contributed by atoms with van der Waals surface area (Å²) in [6.07, 6.45) is 0. The first-order valence-electron chi connectivity index (χ1n) is 10.6. The largest absolute Gasteiger partial charge is 0.492 e. The van der Waals surface area contributed by atoms with Crippen molar-refractivity contribution in [3.05, 3.63) is 94.7 Å². The summed E-state index contributed by atoms with van der Waals surface area (Å²) in [4.78, 5) is 39.2. The maximum Gasteiger partial charge on any atom is 0.283 e. The first kappa shape index (κ1) is 23.1. The van der Waals surface area contributed by atoms with E-state index in [9.17, 15) is 14.4 Å². The number of benzene rings is 3. The number of hydrogen-bond donors (Lipinski definition) is 2. The summed E-state index contributed by atoms with van der Waals surface area (Å²) in [5.74, 6) is -0.871. The first-order valence-corrected chi connectivity index (χ1v) is 11.0. The fourth-order valence-electron chi connectivity index (χ4n) is 3.43. The van der Waals surface area contributed by atoms with Crippen LogP contribution in [0.1, 0.15) is 22.8 Å². The molecule has 0 atom stereocenters. The van der Waals surface area contributed by atoms with Gasteiger partial charge in [0.1, 0.15) is 16.5 Å². The zero-order valence-corrected chi connectivity index (χ0v) is 19.3. The van der Waals surface area contributed by atoms with Gasteiger partial charge in [0.2, 0.25) is 0 Å². The topological polar surface area (TPSA) is 87.7 Å². The highest BCUT2D eigenvalue weighted by atomic mass is 35.5. The second-order valence-electron chi connectivity index (χ2n) is 7.56. The van der Waals surface area contributed by atoms with Crippen LogP contribution in [0.15, 0.2) is 83.5 Å². The maximum absolute atomic E-state index is 12.9. The lowest BCUT2D eigenvalue weighted by atomic mass is 10.1. The third-order valence-electron chi connectivity index (χ3n) is 5.17. The number of imide groups is 1. The van der Waals surface area contributed by atoms with E-state index in [1.807, 2.05) is 38.1 Å². The van der Waals surface area contributed by atoms with E-state index in [-0.39, 0.29) is 16.6 Å². The van der Waals surface area contributed by atoms with Gasteiger partial charge in [0.25, 0.3) is 17.7 Å². The molecule has 3 aromatic carbocycles. The Morgan fingerprint density at radius 1 is 0.941 bits per heavy atom. The van der Waals surface area contributed by atoms with Crippen molar-refractivity contribution in [3.8, 4) is 5.75 Å². The second-order valence-corrected chi connectivity index (χ2v) is 7.93. The highest BCUT2D eigenvalue weighted by Crippen LogP contribution is 2.30. The van der Waals surface area contributed by atoms with E-state index in [2.05, 4.69) is 10.6 Å². The zero-order chi connectivity index (χ0) is 24.2. The Morgan fingerprint density at radius 2 is 1.62 bits per heavy atom. The molecule has 4 rings (SSSR count). The van der Waals surface area contributed by atoms with Crippen molar-refractivity contribution in [1.29, 1.82) is 0 Å². The maximum atomic E-state index is 12.9. The quantitative estimate of drug-likeness (QED) is 0.465. The Kier molecular flexibility index (Phi) is 6.65. The van der Waals surface area contributed by atoms with Gasteiger partial charge in [-0.3, -0.25) is 14.4 Å². The van der Waals surface area contributed by atoms with Crippen LogP contribution in [0.3, 0.4) is 0 Å². The molecule has 1 heterocycles. The standard InChI is InChI=1S/C26H22ClN3O4/c1-3-34-21-7-5-4-6-20(21)29-24(31)17-10-12-18(13-11-17)28-23-22(27)25(32)30(26(23)33)19-14-8-16(2)9-15-19/h4-15,28H,3H2,1-2H3,(H,29,31). The van der Waals surface area contributed by atoms with Gasteiger partial charge in [-0.2, -0.15) is 0 Å². The third-order valence-corrected chi connectivity index (χ3v) is 5.52. The summed E-state index contributed by atoms with van der Waals surface area (Å²) in [5, 5.41) is 5.54. The summed E-state index contributed by atoms with van der Waals surface area (Å²) < 4.78 is 5.54. The van der Waals surface area contributed by atoms with Crippen LogP contribution < -0.4 is 20.3 Å². The number of amides is 3. The van der Waals surface area contributed by atoms with Gasteiger partial charge in [0.15, 0.2) is 0 Å². The van der Waals surface area contributed by atoms with E-state index in [0.717, 1.165) is 10.5 Å². The lowest BCUT2D eigenvalue weighted by Gasteiger charge is -2.15. The fourth-order valence-corrected chi connectivity index (χ4v) is 3.65. The van der Waals surface area contributed by atoms with Gasteiger partial charge in [-0.25, -0.2) is 4.90 Å². The molecule has 3 aromatic rings. The molecule has 0 saturated heterocycles. The molecule has 0 spiro atoms.